The van der Waals surface area contributed by atoms with Crippen LogP contribution in [0.2, 0.25) is 0 Å². The molecule has 4 atom stereocenters. The molecule has 0 radical (unpaired) electrons. The lowest BCUT2D eigenvalue weighted by Crippen LogP contribution is -2.55. The Labute approximate surface area is 244 Å². The number of unbranched alkanes of at least 4 members (excludes halogenated alkanes) is 1. The number of rotatable bonds is 12. The number of esters is 2. The van der Waals surface area contributed by atoms with Crippen molar-refractivity contribution in [3.05, 3.63) is 35.9 Å². The fraction of sp³-hybridized carbons (Fsp3) is 0.567. The third-order valence-electron chi connectivity index (χ3n) is 8.26. The van der Waals surface area contributed by atoms with Crippen LogP contribution >= 0.6 is 0 Å². The molecule has 3 amide bonds. The second-order valence-electron chi connectivity index (χ2n) is 11.0. The van der Waals surface area contributed by atoms with Crippen LogP contribution in [0.4, 0.5) is 11.4 Å². The van der Waals surface area contributed by atoms with Gasteiger partial charge in [-0.05, 0) is 43.9 Å². The number of β-lactam (4-membered cyclic amide) rings is 1. The van der Waals surface area contributed by atoms with E-state index in [1.54, 1.807) is 42.2 Å². The highest BCUT2D eigenvalue weighted by molar-refractivity contribution is 6.08. The SMILES string of the molecule is COC(=O)CCCCN1C(=O)[C@](O)([C@H](C)/C=C/CC(=O)N2CCC[C@H]2CO)c2cc(N3C(=O)CC3OC(C)=O)ccc21. The fourth-order valence-corrected chi connectivity index (χ4v) is 5.91. The lowest BCUT2D eigenvalue weighted by atomic mass is 9.82. The Kier molecular flexibility index (Phi) is 9.67. The van der Waals surface area contributed by atoms with Gasteiger partial charge in [-0.3, -0.25) is 28.9 Å². The number of carbonyl (C=O) groups is 5. The number of hydrogen-bond acceptors (Lipinski definition) is 9. The number of aliphatic hydroxyl groups is 2. The van der Waals surface area contributed by atoms with Crippen molar-refractivity contribution >= 4 is 41.0 Å². The van der Waals surface area contributed by atoms with Gasteiger partial charge in [0.05, 0.1) is 31.9 Å². The Bertz CT molecular complexity index is 1260. The number of carbonyl (C=O) groups excluding carboxylic acids is 5. The van der Waals surface area contributed by atoms with E-state index < -0.39 is 29.6 Å². The molecule has 2 saturated heterocycles. The first-order chi connectivity index (χ1) is 20.0. The van der Waals surface area contributed by atoms with Crippen LogP contribution < -0.4 is 9.80 Å². The number of fused-ring (bicyclic) bond motifs is 1. The van der Waals surface area contributed by atoms with Gasteiger partial charge in [0.1, 0.15) is 0 Å². The Hall–Kier alpha value is -3.77. The van der Waals surface area contributed by atoms with Gasteiger partial charge in [-0.2, -0.15) is 0 Å². The molecular weight excluding hydrogens is 546 g/mol. The van der Waals surface area contributed by atoms with Gasteiger partial charge in [0.15, 0.2) is 11.8 Å². The molecule has 2 fully saturated rings. The zero-order valence-electron chi connectivity index (χ0n) is 24.3. The van der Waals surface area contributed by atoms with E-state index in [1.165, 1.54) is 23.8 Å². The van der Waals surface area contributed by atoms with E-state index in [4.69, 9.17) is 4.74 Å². The van der Waals surface area contributed by atoms with Crippen LogP contribution in [0.5, 0.6) is 0 Å². The van der Waals surface area contributed by atoms with Crippen molar-refractivity contribution in [2.24, 2.45) is 5.92 Å². The minimum atomic E-state index is -2.00. The normalized spacial score (nSPS) is 24.2. The number of benzene rings is 1. The van der Waals surface area contributed by atoms with Gasteiger partial charge in [-0.1, -0.05) is 19.1 Å². The first-order valence-corrected chi connectivity index (χ1v) is 14.3. The summed E-state index contributed by atoms with van der Waals surface area (Å²) < 4.78 is 9.92. The Morgan fingerprint density at radius 1 is 1.21 bits per heavy atom. The average molecular weight is 586 g/mol. The molecule has 1 aromatic rings. The number of methoxy groups -OCH3 is 1. The first kappa shape index (κ1) is 31.2. The smallest absolute Gasteiger partial charge is 0.305 e. The van der Waals surface area contributed by atoms with Crippen molar-refractivity contribution in [3.63, 3.8) is 0 Å². The zero-order valence-corrected chi connectivity index (χ0v) is 24.3. The number of likely N-dealkylation sites (tertiary alicyclic amines) is 1. The maximum absolute atomic E-state index is 13.8. The maximum atomic E-state index is 13.8. The van der Waals surface area contributed by atoms with Crippen LogP contribution in [-0.2, 0) is 39.0 Å². The van der Waals surface area contributed by atoms with Gasteiger partial charge in [0.25, 0.3) is 5.91 Å². The van der Waals surface area contributed by atoms with E-state index in [2.05, 4.69) is 4.74 Å². The lowest BCUT2D eigenvalue weighted by Gasteiger charge is -2.39. The minimum absolute atomic E-state index is 0.0352. The Morgan fingerprint density at radius 3 is 2.64 bits per heavy atom. The van der Waals surface area contributed by atoms with Gasteiger partial charge in [0, 0.05) is 50.0 Å². The first-order valence-electron chi connectivity index (χ1n) is 14.3. The fourth-order valence-electron chi connectivity index (χ4n) is 5.91. The molecule has 3 aliphatic rings. The van der Waals surface area contributed by atoms with Crippen molar-refractivity contribution < 1.29 is 43.7 Å². The molecule has 0 aromatic heterocycles. The van der Waals surface area contributed by atoms with Gasteiger partial charge < -0.3 is 29.5 Å². The van der Waals surface area contributed by atoms with Gasteiger partial charge in [-0.15, -0.1) is 0 Å². The van der Waals surface area contributed by atoms with Crippen molar-refractivity contribution in [1.82, 2.24) is 4.90 Å². The summed E-state index contributed by atoms with van der Waals surface area (Å²) in [6, 6.07) is 4.67. The Balaban J connectivity index is 1.59. The van der Waals surface area contributed by atoms with Gasteiger partial charge >= 0.3 is 11.9 Å². The van der Waals surface area contributed by atoms with Gasteiger partial charge in [-0.25, -0.2) is 0 Å². The number of anilines is 2. The highest BCUT2D eigenvalue weighted by atomic mass is 16.6. The van der Waals surface area contributed by atoms with E-state index in [0.717, 1.165) is 12.8 Å². The summed E-state index contributed by atoms with van der Waals surface area (Å²) in [5, 5.41) is 21.6. The number of amides is 3. The van der Waals surface area contributed by atoms with Crippen LogP contribution in [0.1, 0.15) is 64.4 Å². The minimum Gasteiger partial charge on any atom is -0.469 e. The molecule has 3 aliphatic heterocycles. The standard InChI is InChI=1S/C30H39N3O9/c1-19(8-6-10-25(36)31-15-7-9-22(31)18-34)30(40)23-16-21(33-26(37)17-27(33)42-20(2)35)12-13-24(23)32(29(30)39)14-5-4-11-28(38)41-3/h6,8,12-13,16,19,22,27,34,40H,4-5,7,9-11,14-15,17-18H2,1-3H3/b8-6+/t19-,22+,27?,30+/m1/s1. The number of hydrogen-bond donors (Lipinski definition) is 2. The predicted octanol–water partition coefficient (Wildman–Crippen LogP) is 1.76. The Morgan fingerprint density at radius 2 is 1.98 bits per heavy atom. The molecule has 1 unspecified atom stereocenters. The largest absolute Gasteiger partial charge is 0.469 e. The quantitative estimate of drug-likeness (QED) is 0.162. The molecular formula is C30H39N3O9. The summed E-state index contributed by atoms with van der Waals surface area (Å²) in [5.41, 5.74) is -0.854. The molecule has 3 heterocycles. The predicted molar refractivity (Wildman–Crippen MR) is 151 cm³/mol. The average Bonchev–Trinajstić information content (AvgIpc) is 3.52. The molecule has 0 spiro atoms. The molecule has 0 saturated carbocycles. The number of aliphatic hydroxyl groups excluding tert-OH is 1. The number of nitrogens with zero attached hydrogens (tertiary/aromatic N) is 3. The number of ether oxygens (including phenoxy) is 2. The van der Waals surface area contributed by atoms with Crippen molar-refractivity contribution in [2.75, 3.05) is 36.6 Å². The van der Waals surface area contributed by atoms with E-state index in [0.29, 0.717) is 36.3 Å². The monoisotopic (exact) mass is 585 g/mol. The summed E-state index contributed by atoms with van der Waals surface area (Å²) in [6.07, 6.45) is 5.33. The summed E-state index contributed by atoms with van der Waals surface area (Å²) >= 11 is 0. The third kappa shape index (κ3) is 6.05. The highest BCUT2D eigenvalue weighted by Crippen LogP contribution is 2.47. The van der Waals surface area contributed by atoms with Crippen LogP contribution in [-0.4, -0.2) is 83.8 Å². The van der Waals surface area contributed by atoms with Crippen molar-refractivity contribution in [2.45, 2.75) is 76.7 Å². The second kappa shape index (κ2) is 13.0. The summed E-state index contributed by atoms with van der Waals surface area (Å²) in [7, 11) is 1.31. The van der Waals surface area contributed by atoms with Crippen molar-refractivity contribution in [1.29, 1.82) is 0 Å². The zero-order chi connectivity index (χ0) is 30.6. The maximum Gasteiger partial charge on any atom is 0.305 e. The van der Waals surface area contributed by atoms with Crippen LogP contribution in [0, 0.1) is 5.92 Å². The van der Waals surface area contributed by atoms with E-state index in [9.17, 15) is 34.2 Å². The van der Waals surface area contributed by atoms with Crippen molar-refractivity contribution in [3.8, 4) is 0 Å². The highest BCUT2D eigenvalue weighted by Gasteiger charge is 2.53. The molecule has 0 bridgehead atoms. The molecule has 42 heavy (non-hydrogen) atoms. The molecule has 4 rings (SSSR count). The lowest BCUT2D eigenvalue weighted by molar-refractivity contribution is -0.154. The molecule has 12 heteroatoms. The van der Waals surface area contributed by atoms with Crippen LogP contribution in [0.25, 0.3) is 0 Å². The second-order valence-corrected chi connectivity index (χ2v) is 11.0. The molecule has 2 N–H and O–H groups in total. The van der Waals surface area contributed by atoms with Crippen LogP contribution in [0.15, 0.2) is 30.4 Å². The third-order valence-corrected chi connectivity index (χ3v) is 8.26. The van der Waals surface area contributed by atoms with Crippen LogP contribution in [0.3, 0.4) is 0 Å². The van der Waals surface area contributed by atoms with E-state index in [1.807, 2.05) is 0 Å². The molecule has 228 valence electrons. The van der Waals surface area contributed by atoms with E-state index in [-0.39, 0.29) is 56.2 Å². The molecule has 12 nitrogen and oxygen atoms in total. The van der Waals surface area contributed by atoms with E-state index >= 15 is 0 Å². The molecule has 0 aliphatic carbocycles. The van der Waals surface area contributed by atoms with Gasteiger partial charge in [0.2, 0.25) is 11.8 Å². The molecule has 1 aromatic carbocycles. The summed E-state index contributed by atoms with van der Waals surface area (Å²) in [4.78, 5) is 66.5. The summed E-state index contributed by atoms with van der Waals surface area (Å²) in [5.74, 6) is -2.59. The summed E-state index contributed by atoms with van der Waals surface area (Å²) in [6.45, 7) is 3.67. The topological polar surface area (TPSA) is 154 Å².